The van der Waals surface area contributed by atoms with Crippen LogP contribution in [-0.2, 0) is 22.7 Å². The van der Waals surface area contributed by atoms with Crippen LogP contribution in [0, 0.1) is 0 Å². The van der Waals surface area contributed by atoms with E-state index in [-0.39, 0.29) is 11.8 Å². The van der Waals surface area contributed by atoms with Gasteiger partial charge in [0.1, 0.15) is 0 Å². The van der Waals surface area contributed by atoms with Gasteiger partial charge in [0.05, 0.1) is 6.54 Å². The van der Waals surface area contributed by atoms with Crippen molar-refractivity contribution in [2.45, 2.75) is 58.5 Å². The number of benzene rings is 1. The molecule has 2 saturated heterocycles. The summed E-state index contributed by atoms with van der Waals surface area (Å²) in [7, 11) is 0. The van der Waals surface area contributed by atoms with Gasteiger partial charge in [-0.25, -0.2) is 4.99 Å². The highest BCUT2D eigenvalue weighted by Gasteiger charge is 2.25. The zero-order chi connectivity index (χ0) is 21.2. The fraction of sp³-hybridized carbons (Fsp3) is 0.609. The minimum Gasteiger partial charge on any atom is -0.357 e. The molecule has 0 bridgehead atoms. The zero-order valence-electron chi connectivity index (χ0n) is 18.2. The van der Waals surface area contributed by atoms with Gasteiger partial charge in [-0.3, -0.25) is 19.4 Å². The summed E-state index contributed by atoms with van der Waals surface area (Å²) in [6.45, 7) is 7.68. The van der Waals surface area contributed by atoms with Gasteiger partial charge in [0.25, 0.3) is 0 Å². The van der Waals surface area contributed by atoms with Crippen LogP contribution in [0.5, 0.6) is 0 Å². The van der Waals surface area contributed by atoms with E-state index in [1.54, 1.807) is 0 Å². The van der Waals surface area contributed by atoms with Gasteiger partial charge in [0.2, 0.25) is 11.8 Å². The summed E-state index contributed by atoms with van der Waals surface area (Å²) in [4.78, 5) is 32.3. The number of guanidine groups is 1. The van der Waals surface area contributed by atoms with Crippen molar-refractivity contribution in [2.24, 2.45) is 4.99 Å². The summed E-state index contributed by atoms with van der Waals surface area (Å²) in [5, 5.41) is 6.45. The lowest BCUT2D eigenvalue weighted by atomic mass is 10.1. The van der Waals surface area contributed by atoms with Gasteiger partial charge in [-0.05, 0) is 50.4 Å². The molecule has 2 N–H and O–H groups in total. The van der Waals surface area contributed by atoms with Crippen LogP contribution in [0.3, 0.4) is 0 Å². The Hall–Kier alpha value is -2.41. The average Bonchev–Trinajstić information content (AvgIpc) is 2.76. The molecule has 2 fully saturated rings. The van der Waals surface area contributed by atoms with E-state index >= 15 is 0 Å². The van der Waals surface area contributed by atoms with E-state index in [9.17, 15) is 9.59 Å². The largest absolute Gasteiger partial charge is 0.357 e. The standard InChI is InChI=1S/C23H35N5O2/c1-2-24-23(25-13-16-28-21(29)7-6-8-22(28)30)26-17-19-9-11-20(12-10-19)18-27-14-4-3-5-15-27/h9-12H,2-8,13-18H2,1H3,(H2,24,25,26). The van der Waals surface area contributed by atoms with Crippen LogP contribution in [0.4, 0.5) is 0 Å². The Morgan fingerprint density at radius 3 is 2.27 bits per heavy atom. The van der Waals surface area contributed by atoms with Crippen molar-refractivity contribution in [2.75, 3.05) is 32.7 Å². The molecular weight excluding hydrogens is 378 g/mol. The Balaban J connectivity index is 1.47. The average molecular weight is 414 g/mol. The van der Waals surface area contributed by atoms with E-state index in [1.165, 1.54) is 42.8 Å². The summed E-state index contributed by atoms with van der Waals surface area (Å²) >= 11 is 0. The first kappa shape index (κ1) is 22.3. The van der Waals surface area contributed by atoms with E-state index in [4.69, 9.17) is 0 Å². The van der Waals surface area contributed by atoms with Crippen LogP contribution in [-0.4, -0.2) is 60.3 Å². The highest BCUT2D eigenvalue weighted by atomic mass is 16.2. The number of nitrogens with zero attached hydrogens (tertiary/aromatic N) is 3. The first-order valence-electron chi connectivity index (χ1n) is 11.3. The molecule has 7 nitrogen and oxygen atoms in total. The fourth-order valence-electron chi connectivity index (χ4n) is 3.97. The Morgan fingerprint density at radius 2 is 1.60 bits per heavy atom. The van der Waals surface area contributed by atoms with Crippen LogP contribution in [0.2, 0.25) is 0 Å². The van der Waals surface area contributed by atoms with Crippen LogP contribution < -0.4 is 10.6 Å². The molecule has 0 atom stereocenters. The molecule has 1 aromatic rings. The SMILES string of the molecule is CCNC(=NCc1ccc(CN2CCCCC2)cc1)NCCN1C(=O)CCCC1=O. The molecule has 2 aliphatic rings. The van der Waals surface area contributed by atoms with Crippen molar-refractivity contribution in [1.29, 1.82) is 0 Å². The number of likely N-dealkylation sites (tertiary alicyclic amines) is 2. The monoisotopic (exact) mass is 413 g/mol. The van der Waals surface area contributed by atoms with E-state index in [0.717, 1.165) is 18.7 Å². The maximum atomic E-state index is 11.9. The van der Waals surface area contributed by atoms with Gasteiger partial charge in [-0.15, -0.1) is 0 Å². The summed E-state index contributed by atoms with van der Waals surface area (Å²) in [6.07, 6.45) is 5.59. The smallest absolute Gasteiger partial charge is 0.229 e. The van der Waals surface area contributed by atoms with E-state index < -0.39 is 0 Å². The molecule has 0 radical (unpaired) electrons. The molecule has 2 amide bonds. The van der Waals surface area contributed by atoms with E-state index in [0.29, 0.717) is 44.9 Å². The van der Waals surface area contributed by atoms with Gasteiger partial charge in [-0.2, -0.15) is 0 Å². The Labute approximate surface area is 179 Å². The number of aliphatic imine (C=N–C) groups is 1. The first-order chi connectivity index (χ1) is 14.7. The fourth-order valence-corrected chi connectivity index (χ4v) is 3.97. The molecule has 0 saturated carbocycles. The predicted octanol–water partition coefficient (Wildman–Crippen LogP) is 2.27. The third-order valence-electron chi connectivity index (χ3n) is 5.65. The minimum absolute atomic E-state index is 0.0698. The van der Waals surface area contributed by atoms with Gasteiger partial charge in [0, 0.05) is 39.0 Å². The lowest BCUT2D eigenvalue weighted by Crippen LogP contribution is -2.46. The van der Waals surface area contributed by atoms with E-state index in [1.807, 2.05) is 6.92 Å². The number of rotatable bonds is 8. The molecule has 1 aromatic carbocycles. The van der Waals surface area contributed by atoms with Crippen LogP contribution in [0.15, 0.2) is 29.3 Å². The number of carbonyl (C=O) groups excluding carboxylic acids is 2. The number of carbonyl (C=O) groups is 2. The number of hydrogen-bond acceptors (Lipinski definition) is 4. The summed E-state index contributed by atoms with van der Waals surface area (Å²) in [5.41, 5.74) is 2.52. The number of hydrogen-bond donors (Lipinski definition) is 2. The lowest BCUT2D eigenvalue weighted by Gasteiger charge is -2.26. The molecule has 7 heteroatoms. The second-order valence-corrected chi connectivity index (χ2v) is 8.07. The number of amides is 2. The summed E-state index contributed by atoms with van der Waals surface area (Å²) < 4.78 is 0. The molecule has 164 valence electrons. The molecule has 2 heterocycles. The third-order valence-corrected chi connectivity index (χ3v) is 5.65. The van der Waals surface area contributed by atoms with Gasteiger partial charge >= 0.3 is 0 Å². The van der Waals surface area contributed by atoms with Crippen molar-refractivity contribution >= 4 is 17.8 Å². The van der Waals surface area contributed by atoms with Crippen molar-refractivity contribution in [3.05, 3.63) is 35.4 Å². The van der Waals surface area contributed by atoms with Gasteiger partial charge in [0.15, 0.2) is 5.96 Å². The molecule has 0 aliphatic carbocycles. The van der Waals surface area contributed by atoms with Crippen molar-refractivity contribution < 1.29 is 9.59 Å². The molecular formula is C23H35N5O2. The quantitative estimate of drug-likeness (QED) is 0.388. The molecule has 0 aromatic heterocycles. The highest BCUT2D eigenvalue weighted by Crippen LogP contribution is 2.14. The number of nitrogens with one attached hydrogen (secondary N) is 2. The number of piperidine rings is 2. The van der Waals surface area contributed by atoms with Crippen molar-refractivity contribution in [3.63, 3.8) is 0 Å². The maximum absolute atomic E-state index is 11.9. The van der Waals surface area contributed by atoms with Crippen molar-refractivity contribution in [3.8, 4) is 0 Å². The number of imide groups is 1. The first-order valence-corrected chi connectivity index (χ1v) is 11.3. The van der Waals surface area contributed by atoms with Crippen molar-refractivity contribution in [1.82, 2.24) is 20.4 Å². The molecule has 30 heavy (non-hydrogen) atoms. The Morgan fingerprint density at radius 1 is 0.933 bits per heavy atom. The summed E-state index contributed by atoms with van der Waals surface area (Å²) in [6, 6.07) is 8.70. The van der Waals surface area contributed by atoms with Crippen LogP contribution >= 0.6 is 0 Å². The van der Waals surface area contributed by atoms with E-state index in [2.05, 4.69) is 44.8 Å². The molecule has 0 unspecified atom stereocenters. The summed E-state index contributed by atoms with van der Waals surface area (Å²) in [5.74, 6) is 0.561. The normalized spacial score (nSPS) is 18.6. The van der Waals surface area contributed by atoms with Crippen LogP contribution in [0.25, 0.3) is 0 Å². The molecule has 3 rings (SSSR count). The topological polar surface area (TPSA) is 77.0 Å². The lowest BCUT2D eigenvalue weighted by molar-refractivity contribution is -0.147. The maximum Gasteiger partial charge on any atom is 0.229 e. The molecule has 2 aliphatic heterocycles. The van der Waals surface area contributed by atoms with Gasteiger partial charge in [-0.1, -0.05) is 30.7 Å². The predicted molar refractivity (Wildman–Crippen MR) is 119 cm³/mol. The Bertz CT molecular complexity index is 710. The second kappa shape index (κ2) is 11.7. The Kier molecular flexibility index (Phi) is 8.68. The second-order valence-electron chi connectivity index (χ2n) is 8.07. The van der Waals surface area contributed by atoms with Gasteiger partial charge < -0.3 is 10.6 Å². The zero-order valence-corrected chi connectivity index (χ0v) is 18.2. The highest BCUT2D eigenvalue weighted by molar-refractivity contribution is 5.97. The minimum atomic E-state index is -0.0698. The third kappa shape index (κ3) is 6.83. The van der Waals surface area contributed by atoms with Crippen LogP contribution in [0.1, 0.15) is 56.6 Å². The molecule has 0 spiro atoms.